The van der Waals surface area contributed by atoms with Gasteiger partial charge in [-0.3, -0.25) is 4.90 Å². The lowest BCUT2D eigenvalue weighted by atomic mass is 10.3. The Morgan fingerprint density at radius 2 is 2.10 bits per heavy atom. The van der Waals surface area contributed by atoms with Crippen LogP contribution in [0.3, 0.4) is 0 Å². The number of ether oxygens (including phenoxy) is 1. The number of nitrogens with zero attached hydrogens (tertiary/aromatic N) is 4. The van der Waals surface area contributed by atoms with Crippen LogP contribution in [0.15, 0.2) is 23.7 Å². The average Bonchev–Trinajstić information content (AvgIpc) is 2.93. The van der Waals surface area contributed by atoms with Crippen LogP contribution in [0.5, 0.6) is 5.88 Å². The fourth-order valence-corrected chi connectivity index (χ4v) is 3.48. The Hall–Kier alpha value is -1.37. The van der Waals surface area contributed by atoms with Crippen molar-refractivity contribution in [3.63, 3.8) is 0 Å². The molecule has 112 valence electrons. The minimum atomic E-state index is 0.604. The van der Waals surface area contributed by atoms with Crippen molar-refractivity contribution in [1.82, 2.24) is 14.9 Å². The van der Waals surface area contributed by atoms with E-state index >= 15 is 0 Å². The van der Waals surface area contributed by atoms with Gasteiger partial charge in [0.25, 0.3) is 0 Å². The van der Waals surface area contributed by atoms with Gasteiger partial charge in [0.05, 0.1) is 12.1 Å². The van der Waals surface area contributed by atoms with Gasteiger partial charge >= 0.3 is 0 Å². The van der Waals surface area contributed by atoms with Crippen molar-refractivity contribution < 1.29 is 4.74 Å². The molecular formula is C14H17ClN4OS. The van der Waals surface area contributed by atoms with Crippen LogP contribution in [0, 0.1) is 0 Å². The highest BCUT2D eigenvalue weighted by Crippen LogP contribution is 2.24. The predicted molar refractivity (Wildman–Crippen MR) is 85.4 cm³/mol. The summed E-state index contributed by atoms with van der Waals surface area (Å²) in [6.45, 7) is 4.71. The van der Waals surface area contributed by atoms with E-state index in [-0.39, 0.29) is 0 Å². The lowest BCUT2D eigenvalue weighted by molar-refractivity contribution is 0.250. The third-order valence-electron chi connectivity index (χ3n) is 3.54. The second-order valence-corrected chi connectivity index (χ2v) is 6.26. The van der Waals surface area contributed by atoms with E-state index in [9.17, 15) is 0 Å². The van der Waals surface area contributed by atoms with E-state index in [1.165, 1.54) is 4.88 Å². The number of piperazine rings is 1. The van der Waals surface area contributed by atoms with Crippen LogP contribution in [-0.2, 0) is 6.54 Å². The quantitative estimate of drug-likeness (QED) is 0.864. The molecule has 0 N–H and O–H groups in total. The van der Waals surface area contributed by atoms with Gasteiger partial charge in [-0.05, 0) is 11.4 Å². The van der Waals surface area contributed by atoms with E-state index in [1.807, 2.05) is 11.4 Å². The topological polar surface area (TPSA) is 41.5 Å². The number of halogens is 1. The summed E-state index contributed by atoms with van der Waals surface area (Å²) in [6, 6.07) is 3.72. The third-order valence-corrected chi connectivity index (χ3v) is 4.91. The van der Waals surface area contributed by atoms with Gasteiger partial charge < -0.3 is 9.64 Å². The molecule has 0 saturated carbocycles. The fourth-order valence-electron chi connectivity index (χ4n) is 2.35. The molecule has 1 aliphatic rings. The number of hydrogen-bond donors (Lipinski definition) is 0. The molecule has 0 spiro atoms. The maximum atomic E-state index is 6.16. The van der Waals surface area contributed by atoms with Crippen LogP contribution in [0.2, 0.25) is 5.02 Å². The zero-order chi connectivity index (χ0) is 14.7. The first kappa shape index (κ1) is 14.6. The lowest BCUT2D eigenvalue weighted by Crippen LogP contribution is -2.46. The normalized spacial score (nSPS) is 16.2. The number of methoxy groups -OCH3 is 1. The maximum Gasteiger partial charge on any atom is 0.228 e. The van der Waals surface area contributed by atoms with Gasteiger partial charge in [0, 0.05) is 49.9 Å². The van der Waals surface area contributed by atoms with E-state index in [2.05, 4.69) is 19.8 Å². The first-order valence-corrected chi connectivity index (χ1v) is 8.08. The SMILES string of the molecule is COc1ccnc(N2CCN(Cc3sccc3Cl)CC2)n1. The Balaban J connectivity index is 1.58. The van der Waals surface area contributed by atoms with Gasteiger partial charge in [-0.2, -0.15) is 4.98 Å². The van der Waals surface area contributed by atoms with Gasteiger partial charge in [-0.15, -0.1) is 11.3 Å². The summed E-state index contributed by atoms with van der Waals surface area (Å²) in [5.41, 5.74) is 0. The summed E-state index contributed by atoms with van der Waals surface area (Å²) in [4.78, 5) is 14.5. The second-order valence-electron chi connectivity index (χ2n) is 4.85. The number of hydrogen-bond acceptors (Lipinski definition) is 6. The molecule has 3 heterocycles. The monoisotopic (exact) mass is 324 g/mol. The van der Waals surface area contributed by atoms with Gasteiger partial charge in [-0.25, -0.2) is 4.98 Å². The lowest BCUT2D eigenvalue weighted by Gasteiger charge is -2.34. The third kappa shape index (κ3) is 3.45. The van der Waals surface area contributed by atoms with E-state index in [1.54, 1.807) is 30.7 Å². The summed E-state index contributed by atoms with van der Waals surface area (Å²) in [5, 5.41) is 2.91. The molecule has 0 atom stereocenters. The van der Waals surface area contributed by atoms with E-state index < -0.39 is 0 Å². The summed E-state index contributed by atoms with van der Waals surface area (Å²) >= 11 is 7.87. The molecule has 21 heavy (non-hydrogen) atoms. The summed E-state index contributed by atoms with van der Waals surface area (Å²) in [7, 11) is 1.62. The molecule has 0 amide bonds. The first-order valence-electron chi connectivity index (χ1n) is 6.82. The average molecular weight is 325 g/mol. The molecule has 1 aliphatic heterocycles. The summed E-state index contributed by atoms with van der Waals surface area (Å²) in [6.07, 6.45) is 1.74. The van der Waals surface area contributed by atoms with Crippen molar-refractivity contribution >= 4 is 28.9 Å². The van der Waals surface area contributed by atoms with Crippen LogP contribution in [0.1, 0.15) is 4.88 Å². The van der Waals surface area contributed by atoms with Crippen LogP contribution in [0.25, 0.3) is 0 Å². The van der Waals surface area contributed by atoms with Gasteiger partial charge in [0.1, 0.15) is 0 Å². The number of aromatic nitrogens is 2. The molecule has 0 bridgehead atoms. The molecule has 7 heteroatoms. The molecule has 2 aromatic rings. The molecule has 0 aliphatic carbocycles. The Labute approximate surface area is 133 Å². The largest absolute Gasteiger partial charge is 0.481 e. The van der Waals surface area contributed by atoms with Crippen molar-refractivity contribution in [2.24, 2.45) is 0 Å². The zero-order valence-electron chi connectivity index (χ0n) is 11.8. The van der Waals surface area contributed by atoms with Crippen molar-refractivity contribution in [3.05, 3.63) is 33.6 Å². The first-order chi connectivity index (χ1) is 10.3. The van der Waals surface area contributed by atoms with Crippen molar-refractivity contribution in [1.29, 1.82) is 0 Å². The van der Waals surface area contributed by atoms with Crippen molar-refractivity contribution in [2.75, 3.05) is 38.2 Å². The van der Waals surface area contributed by atoms with Gasteiger partial charge in [0.15, 0.2) is 0 Å². The standard InChI is InChI=1S/C14H17ClN4OS/c1-20-13-2-4-16-14(17-13)19-7-5-18(6-8-19)10-12-11(15)3-9-21-12/h2-4,9H,5-8,10H2,1H3. The fraction of sp³-hybridized carbons (Fsp3) is 0.429. The molecular weight excluding hydrogens is 308 g/mol. The molecule has 2 aromatic heterocycles. The van der Waals surface area contributed by atoms with Crippen molar-refractivity contribution in [2.45, 2.75) is 6.54 Å². The smallest absolute Gasteiger partial charge is 0.228 e. The van der Waals surface area contributed by atoms with Crippen LogP contribution in [0.4, 0.5) is 5.95 Å². The van der Waals surface area contributed by atoms with Crippen LogP contribution >= 0.6 is 22.9 Å². The Bertz CT molecular complexity index is 598. The number of thiophene rings is 1. The molecule has 1 fully saturated rings. The maximum absolute atomic E-state index is 6.16. The highest BCUT2D eigenvalue weighted by Gasteiger charge is 2.20. The van der Waals surface area contributed by atoms with Crippen LogP contribution < -0.4 is 9.64 Å². The number of anilines is 1. The van der Waals surface area contributed by atoms with Gasteiger partial charge in [0.2, 0.25) is 11.8 Å². The molecule has 0 aromatic carbocycles. The van der Waals surface area contributed by atoms with Gasteiger partial charge in [-0.1, -0.05) is 11.6 Å². The summed E-state index contributed by atoms with van der Waals surface area (Å²) < 4.78 is 5.15. The predicted octanol–water partition coefficient (Wildman–Crippen LogP) is 2.52. The molecule has 1 saturated heterocycles. The molecule has 0 unspecified atom stereocenters. The highest BCUT2D eigenvalue weighted by atomic mass is 35.5. The Morgan fingerprint density at radius 1 is 1.29 bits per heavy atom. The molecule has 0 radical (unpaired) electrons. The van der Waals surface area contributed by atoms with Crippen molar-refractivity contribution in [3.8, 4) is 5.88 Å². The van der Waals surface area contributed by atoms with E-state index in [0.717, 1.165) is 43.7 Å². The van der Waals surface area contributed by atoms with E-state index in [4.69, 9.17) is 16.3 Å². The number of rotatable bonds is 4. The molecule has 3 rings (SSSR count). The summed E-state index contributed by atoms with van der Waals surface area (Å²) in [5.74, 6) is 1.34. The van der Waals surface area contributed by atoms with E-state index in [0.29, 0.717) is 5.88 Å². The zero-order valence-corrected chi connectivity index (χ0v) is 13.4. The Morgan fingerprint density at radius 3 is 2.76 bits per heavy atom. The highest BCUT2D eigenvalue weighted by molar-refractivity contribution is 7.10. The second kappa shape index (κ2) is 6.60. The van der Waals surface area contributed by atoms with Crippen LogP contribution in [-0.4, -0.2) is 48.2 Å². The minimum Gasteiger partial charge on any atom is -0.481 e. The Kier molecular flexibility index (Phi) is 4.57. The molecule has 5 nitrogen and oxygen atoms in total. The minimum absolute atomic E-state index is 0.604.